The zero-order chi connectivity index (χ0) is 84.8. The fourth-order valence-electron chi connectivity index (χ4n) is 14.9. The number of hydrogen-bond acceptors (Lipinski definition) is 46. The minimum absolute atomic E-state index is 0.802. The highest BCUT2D eigenvalue weighted by Crippen LogP contribution is 2.41. The van der Waals surface area contributed by atoms with Gasteiger partial charge in [0, 0.05) is 34.6 Å². The maximum atomic E-state index is 13.3. The number of hydrogen-bond donors (Lipinski definition) is 29. The lowest BCUT2D eigenvalue weighted by molar-refractivity contribution is -0.412. The number of aliphatic hydroxyl groups excluding tert-OH is 24. The average molecular weight is 1680 g/mol. The Morgan fingerprint density at radius 1 is 0.226 bits per heavy atom. The van der Waals surface area contributed by atoms with Crippen LogP contribution in [0.25, 0.3) is 0 Å². The van der Waals surface area contributed by atoms with E-state index in [1.54, 1.807) is 0 Å². The Morgan fingerprint density at radius 3 is 0.861 bits per heavy atom. The quantitative estimate of drug-likeness (QED) is 0.0318. The summed E-state index contributed by atoms with van der Waals surface area (Å²) < 4.78 is 103. The fraction of sp³-hybridized carbons (Fsp3) is 0.922. The molecule has 0 spiro atoms. The van der Waals surface area contributed by atoms with Crippen molar-refractivity contribution < 1.29 is 227 Å². The molecular formula is C64H107N5O46. The predicted octanol–water partition coefficient (Wildman–Crippen LogP) is -19.9. The van der Waals surface area contributed by atoms with E-state index < -0.39 is 365 Å². The van der Waals surface area contributed by atoms with Gasteiger partial charge in [0.2, 0.25) is 29.5 Å². The normalized spacial score (nSPS) is 47.9. The van der Waals surface area contributed by atoms with Gasteiger partial charge in [0.1, 0.15) is 219 Å². The molecule has 51 heteroatoms. The van der Waals surface area contributed by atoms with Crippen molar-refractivity contribution in [2.24, 2.45) is 0 Å². The molecule has 0 radical (unpaired) electrons. The first kappa shape index (κ1) is 94.6. The molecule has 115 heavy (non-hydrogen) atoms. The van der Waals surface area contributed by atoms with Crippen LogP contribution in [-0.4, -0.2) is 488 Å². The monoisotopic (exact) mass is 1680 g/mol. The smallest absolute Gasteiger partial charge is 0.217 e. The first-order chi connectivity index (χ1) is 54.4. The SMILES string of the molecule is CC(=O)N[C@@H]1[C@@H](O)[C@H](O[C@@H]2O[C@H](CO)[C@@H](O[C@@H]3O[C@H](CO[C@H]4O[C@H](CO)[C@@H](O)[C@H](O)[C@@H]4O)[C@@H](O[C@@H]4O[C@H](CO)[C@@H](O)[C@H](O)[C@H]4NC(C)=O)[C@H](O[C@H]4O[C@H](CO)[C@@H](O[C@@H]5O[C@H](CO)[C@@H](O[C@@H]6O[C@H](CO)[C@H](O)[C@H](O)[C@H]6O)[C@H](O)[C@H]5NC(C)=O)[C@H](O)[C@@H]4O[C@@H]4O[C@H](CO)[C@@H](O)[C@H](O)[C@H]4NC(C)=O)[C@H]3O)[C@H](O)[C@H]2NC(C)=O)[C@@H](CO)O[C@H]1O. The molecule has 9 aliphatic heterocycles. The number of nitrogens with one attached hydrogen (secondary N) is 5. The van der Waals surface area contributed by atoms with E-state index in [0.29, 0.717) is 0 Å². The molecule has 9 aliphatic rings. The molecule has 0 saturated carbocycles. The molecule has 51 nitrogen and oxygen atoms in total. The number of rotatable bonds is 30. The summed E-state index contributed by atoms with van der Waals surface area (Å²) in [5, 5.41) is 281. The maximum Gasteiger partial charge on any atom is 0.217 e. The van der Waals surface area contributed by atoms with Gasteiger partial charge in [-0.05, 0) is 0 Å². The van der Waals surface area contributed by atoms with E-state index in [9.17, 15) is 147 Å². The Labute approximate surface area is 651 Å². The van der Waals surface area contributed by atoms with Crippen molar-refractivity contribution in [2.45, 2.75) is 311 Å². The summed E-state index contributed by atoms with van der Waals surface area (Å²) in [6.45, 7) is -5.58. The summed E-state index contributed by atoms with van der Waals surface area (Å²) in [7, 11) is 0. The van der Waals surface area contributed by atoms with Gasteiger partial charge in [-0.1, -0.05) is 0 Å². The molecule has 0 aliphatic carbocycles. The van der Waals surface area contributed by atoms with Crippen molar-refractivity contribution in [2.75, 3.05) is 59.5 Å². The summed E-state index contributed by atoms with van der Waals surface area (Å²) in [5.74, 6) is -4.68. The highest BCUT2D eigenvalue weighted by atomic mass is 16.8. The lowest BCUT2D eigenvalue weighted by Crippen LogP contribution is -2.72. The van der Waals surface area contributed by atoms with Crippen molar-refractivity contribution in [3.8, 4) is 0 Å². The first-order valence-corrected chi connectivity index (χ1v) is 36.6. The van der Waals surface area contributed by atoms with E-state index in [2.05, 4.69) is 26.6 Å². The Bertz CT molecular complexity index is 3100. The van der Waals surface area contributed by atoms with E-state index >= 15 is 0 Å². The third-order valence-electron chi connectivity index (χ3n) is 20.8. The molecule has 29 N–H and O–H groups in total. The zero-order valence-electron chi connectivity index (χ0n) is 62.1. The molecule has 0 bridgehead atoms. The van der Waals surface area contributed by atoms with Gasteiger partial charge in [-0.3, -0.25) is 24.0 Å². The Kier molecular flexibility index (Phi) is 34.1. The molecule has 0 aromatic rings. The van der Waals surface area contributed by atoms with Gasteiger partial charge in [-0.25, -0.2) is 0 Å². The van der Waals surface area contributed by atoms with Crippen molar-refractivity contribution in [1.82, 2.24) is 26.6 Å². The molecule has 0 aromatic carbocycles. The first-order valence-electron chi connectivity index (χ1n) is 36.6. The van der Waals surface area contributed by atoms with Gasteiger partial charge < -0.3 is 230 Å². The fourth-order valence-corrected chi connectivity index (χ4v) is 14.9. The molecule has 0 unspecified atom stereocenters. The number of ether oxygens (including phenoxy) is 17. The second kappa shape index (κ2) is 41.5. The van der Waals surface area contributed by atoms with E-state index in [1.165, 1.54) is 0 Å². The van der Waals surface area contributed by atoms with Gasteiger partial charge in [0.15, 0.2) is 56.6 Å². The van der Waals surface area contributed by atoms with Crippen LogP contribution in [0.4, 0.5) is 0 Å². The van der Waals surface area contributed by atoms with Crippen molar-refractivity contribution in [1.29, 1.82) is 0 Å². The standard InChI is InChI=1S/C64H107N5O46/c1-15(78)65-29-40(89)49(24(10-74)100-56(29)98)109-59-32(68-18(4)81)42(91)51(26(12-76)105-59)112-63-48(97)54(53(113-57-30(66-16(2)79)38(87)34(83)20(6-70)101-57)28(108-63)14-99-61-45(94)43(92)36(85)22(8-72)103-61)114-64-55(115-58-31(67-17(3)80)39(88)35(84)21(7-71)102-58)47(96)52(27(13-77)107-64)110-60-33(69-19(5)82)41(90)50(25(11-75)106-60)111-62-46(95)44(93)37(86)23(9-73)104-62/h20-64,70-77,83-98H,6-14H2,1-5H3,(H,65,78)(H,66,79)(H,67,80)(H,68,81)(H,69,82)/t20-,21-,22-,23-,24-,25-,26-,27-,28-,29-,30-,31-,32-,33-,34-,35-,36-,37+,38-,39-,40-,41-,42-,43+,44+,45+,46-,47+,48-,49-,50-,51-,52-,53-,54-,55+,56-,57+,58+,59+,60+,61+,62+,63+,64-/m1/s1. The van der Waals surface area contributed by atoms with Crippen LogP contribution in [-0.2, 0) is 104 Å². The maximum absolute atomic E-state index is 13.3. The third kappa shape index (κ3) is 21.3. The Morgan fingerprint density at radius 2 is 0.478 bits per heavy atom. The van der Waals surface area contributed by atoms with Crippen LogP contribution in [0.5, 0.6) is 0 Å². The van der Waals surface area contributed by atoms with Gasteiger partial charge in [-0.2, -0.15) is 0 Å². The molecule has 9 heterocycles. The predicted molar refractivity (Wildman–Crippen MR) is 355 cm³/mol. The van der Waals surface area contributed by atoms with Gasteiger partial charge >= 0.3 is 0 Å². The Balaban J connectivity index is 1.17. The number of carbonyl (C=O) groups is 5. The van der Waals surface area contributed by atoms with E-state index in [-0.39, 0.29) is 0 Å². The van der Waals surface area contributed by atoms with Crippen LogP contribution < -0.4 is 26.6 Å². The number of amides is 5. The minimum Gasteiger partial charge on any atom is -0.394 e. The molecule has 9 fully saturated rings. The highest BCUT2D eigenvalue weighted by Gasteiger charge is 2.62. The largest absolute Gasteiger partial charge is 0.394 e. The van der Waals surface area contributed by atoms with Crippen LogP contribution in [0.3, 0.4) is 0 Å². The van der Waals surface area contributed by atoms with Crippen LogP contribution in [0, 0.1) is 0 Å². The summed E-state index contributed by atoms with van der Waals surface area (Å²) in [6, 6.07) is -9.58. The van der Waals surface area contributed by atoms with Gasteiger partial charge in [0.25, 0.3) is 0 Å². The summed E-state index contributed by atoms with van der Waals surface area (Å²) >= 11 is 0. The number of carbonyl (C=O) groups excluding carboxylic acids is 5. The lowest BCUT2D eigenvalue weighted by atomic mass is 9.93. The molecular weight excluding hydrogens is 1570 g/mol. The molecule has 9 rings (SSSR count). The van der Waals surface area contributed by atoms with Crippen LogP contribution in [0.2, 0.25) is 0 Å². The minimum atomic E-state index is -2.72. The van der Waals surface area contributed by atoms with Crippen molar-refractivity contribution in [3.63, 3.8) is 0 Å². The zero-order valence-corrected chi connectivity index (χ0v) is 62.1. The summed E-state index contributed by atoms with van der Waals surface area (Å²) in [4.78, 5) is 64.4. The number of aliphatic hydroxyl groups is 24. The molecule has 5 amide bonds. The second-order valence-corrected chi connectivity index (χ2v) is 28.9. The van der Waals surface area contributed by atoms with Crippen LogP contribution in [0.15, 0.2) is 0 Å². The molecule has 9 saturated heterocycles. The average Bonchev–Trinajstić information content (AvgIpc) is 0.760. The Hall–Kier alpha value is -4.29. The van der Waals surface area contributed by atoms with Crippen molar-refractivity contribution in [3.05, 3.63) is 0 Å². The lowest BCUT2D eigenvalue weighted by Gasteiger charge is -2.53. The summed E-state index contributed by atoms with van der Waals surface area (Å²) in [6.07, 6.45) is -85.8. The molecule has 0 aromatic heterocycles. The second-order valence-electron chi connectivity index (χ2n) is 28.9. The van der Waals surface area contributed by atoms with Crippen LogP contribution in [0.1, 0.15) is 34.6 Å². The summed E-state index contributed by atoms with van der Waals surface area (Å²) in [5.41, 5.74) is 0. The third-order valence-corrected chi connectivity index (χ3v) is 20.8. The highest BCUT2D eigenvalue weighted by molar-refractivity contribution is 5.75. The molecule has 45 atom stereocenters. The van der Waals surface area contributed by atoms with Crippen LogP contribution >= 0.6 is 0 Å². The molecule has 664 valence electrons. The van der Waals surface area contributed by atoms with E-state index in [1.807, 2.05) is 0 Å². The van der Waals surface area contributed by atoms with E-state index in [4.69, 9.17) is 80.5 Å². The van der Waals surface area contributed by atoms with Gasteiger partial charge in [-0.15, -0.1) is 0 Å². The van der Waals surface area contributed by atoms with Gasteiger partial charge in [0.05, 0.1) is 59.5 Å². The van der Waals surface area contributed by atoms with Crippen molar-refractivity contribution >= 4 is 29.5 Å². The topological polar surface area (TPSA) is 788 Å². The van der Waals surface area contributed by atoms with E-state index in [0.717, 1.165) is 34.6 Å².